The fourth-order valence-corrected chi connectivity index (χ4v) is 4.28. The van der Waals surface area contributed by atoms with Crippen LogP contribution in [0, 0.1) is 0 Å². The first-order valence-electron chi connectivity index (χ1n) is 6.43. The van der Waals surface area contributed by atoms with Crippen LogP contribution in [0.4, 0.5) is 0 Å². The zero-order valence-electron chi connectivity index (χ0n) is 10.8. The molecule has 1 aromatic heterocycles. The molecule has 1 atom stereocenters. The van der Waals surface area contributed by atoms with Gasteiger partial charge in [-0.2, -0.15) is 9.52 Å². The van der Waals surface area contributed by atoms with E-state index in [0.29, 0.717) is 12.4 Å². The molecular weight excluding hydrogens is 278 g/mol. The lowest BCUT2D eigenvalue weighted by molar-refractivity contribution is 0.383. The summed E-state index contributed by atoms with van der Waals surface area (Å²) in [6, 6.07) is 8.88. The van der Waals surface area contributed by atoms with E-state index >= 15 is 0 Å². The molecule has 3 rings (SSSR count). The van der Waals surface area contributed by atoms with Crippen molar-refractivity contribution in [3.63, 3.8) is 0 Å². The third-order valence-electron chi connectivity index (χ3n) is 3.41. The highest BCUT2D eigenvalue weighted by Gasteiger charge is 2.37. The summed E-state index contributed by atoms with van der Waals surface area (Å²) >= 11 is 0. The molecule has 1 saturated heterocycles. The molecule has 1 fully saturated rings. The van der Waals surface area contributed by atoms with E-state index < -0.39 is 10.0 Å². The number of rotatable bonds is 4. The Morgan fingerprint density at radius 3 is 2.80 bits per heavy atom. The summed E-state index contributed by atoms with van der Waals surface area (Å²) in [6.45, 7) is 0.508. The topological polar surface area (TPSA) is 91.8 Å². The van der Waals surface area contributed by atoms with Gasteiger partial charge in [0.25, 0.3) is 0 Å². The third-order valence-corrected chi connectivity index (χ3v) is 5.26. The number of tetrazole rings is 1. The van der Waals surface area contributed by atoms with Crippen LogP contribution in [-0.4, -0.2) is 39.9 Å². The molecule has 0 aliphatic carbocycles. The monoisotopic (exact) mass is 293 g/mol. The number of nitrogens with one attached hydrogen (secondary N) is 1. The zero-order chi connectivity index (χ0) is 14.0. The summed E-state index contributed by atoms with van der Waals surface area (Å²) in [4.78, 5) is 0. The maximum Gasteiger partial charge on any atom is 0.218 e. The van der Waals surface area contributed by atoms with Gasteiger partial charge >= 0.3 is 0 Å². The van der Waals surface area contributed by atoms with E-state index in [-0.39, 0.29) is 11.8 Å². The normalized spacial score (nSPS) is 20.3. The van der Waals surface area contributed by atoms with E-state index in [9.17, 15) is 8.42 Å². The molecule has 1 aliphatic rings. The molecule has 0 saturated carbocycles. The van der Waals surface area contributed by atoms with Crippen molar-refractivity contribution in [3.8, 4) is 0 Å². The number of aromatic nitrogens is 4. The number of benzene rings is 1. The standard InChI is InChI=1S/C12H15N5O2S/c18-20(19,9-10-5-2-1-3-6-10)17-8-4-7-11(17)12-13-15-16-14-12/h1-3,5-6,11H,4,7-9H2,(H,13,14,15,16). The highest BCUT2D eigenvalue weighted by molar-refractivity contribution is 7.88. The van der Waals surface area contributed by atoms with E-state index in [0.717, 1.165) is 18.4 Å². The third kappa shape index (κ3) is 2.56. The average Bonchev–Trinajstić information content (AvgIpc) is 3.10. The molecule has 1 unspecified atom stereocenters. The molecule has 0 radical (unpaired) electrons. The predicted octanol–water partition coefficient (Wildman–Crippen LogP) is 0.867. The highest BCUT2D eigenvalue weighted by Crippen LogP contribution is 2.32. The van der Waals surface area contributed by atoms with Gasteiger partial charge in [0, 0.05) is 6.54 Å². The van der Waals surface area contributed by atoms with Crippen molar-refractivity contribution in [1.29, 1.82) is 0 Å². The van der Waals surface area contributed by atoms with Gasteiger partial charge in [0.1, 0.15) is 0 Å². The predicted molar refractivity (Wildman–Crippen MR) is 71.9 cm³/mol. The molecule has 7 nitrogen and oxygen atoms in total. The van der Waals surface area contributed by atoms with E-state index in [2.05, 4.69) is 20.6 Å². The summed E-state index contributed by atoms with van der Waals surface area (Å²) in [5, 5.41) is 13.7. The van der Waals surface area contributed by atoms with Crippen molar-refractivity contribution in [2.24, 2.45) is 0 Å². The summed E-state index contributed by atoms with van der Waals surface area (Å²) in [6.07, 6.45) is 1.54. The first kappa shape index (κ1) is 13.2. The first-order chi connectivity index (χ1) is 9.67. The van der Waals surface area contributed by atoms with Crippen molar-refractivity contribution in [3.05, 3.63) is 41.7 Å². The van der Waals surface area contributed by atoms with Gasteiger partial charge in [-0.1, -0.05) is 35.5 Å². The van der Waals surface area contributed by atoms with Gasteiger partial charge in [0.2, 0.25) is 10.0 Å². The van der Waals surface area contributed by atoms with Crippen LogP contribution < -0.4 is 0 Å². The van der Waals surface area contributed by atoms with Crippen LogP contribution in [0.15, 0.2) is 30.3 Å². The molecule has 0 amide bonds. The smallest absolute Gasteiger partial charge is 0.212 e. The van der Waals surface area contributed by atoms with Gasteiger partial charge < -0.3 is 0 Å². The molecule has 2 heterocycles. The molecule has 1 N–H and O–H groups in total. The van der Waals surface area contributed by atoms with Crippen molar-refractivity contribution in [2.75, 3.05) is 6.54 Å². The second-order valence-corrected chi connectivity index (χ2v) is 6.70. The van der Waals surface area contributed by atoms with Gasteiger partial charge in [0.05, 0.1) is 11.8 Å². The lowest BCUT2D eigenvalue weighted by Crippen LogP contribution is -2.32. The van der Waals surface area contributed by atoms with Crippen LogP contribution >= 0.6 is 0 Å². The van der Waals surface area contributed by atoms with Crippen LogP contribution in [0.5, 0.6) is 0 Å². The van der Waals surface area contributed by atoms with Crippen LogP contribution in [0.1, 0.15) is 30.3 Å². The van der Waals surface area contributed by atoms with Crippen molar-refractivity contribution in [1.82, 2.24) is 24.9 Å². The van der Waals surface area contributed by atoms with Crippen LogP contribution in [0.25, 0.3) is 0 Å². The lowest BCUT2D eigenvalue weighted by Gasteiger charge is -2.21. The van der Waals surface area contributed by atoms with Gasteiger partial charge in [-0.25, -0.2) is 8.42 Å². The first-order valence-corrected chi connectivity index (χ1v) is 8.04. The van der Waals surface area contributed by atoms with Crippen LogP contribution in [0.3, 0.4) is 0 Å². The lowest BCUT2D eigenvalue weighted by atomic mass is 10.2. The van der Waals surface area contributed by atoms with Gasteiger partial charge in [-0.15, -0.1) is 10.2 Å². The largest absolute Gasteiger partial charge is 0.218 e. The zero-order valence-corrected chi connectivity index (χ0v) is 11.6. The average molecular weight is 293 g/mol. The maximum absolute atomic E-state index is 12.5. The molecule has 2 aromatic rings. The summed E-state index contributed by atoms with van der Waals surface area (Å²) < 4.78 is 26.6. The molecular formula is C12H15N5O2S. The SMILES string of the molecule is O=S(=O)(Cc1ccccc1)N1CCCC1c1nn[nH]n1. The Morgan fingerprint density at radius 1 is 1.30 bits per heavy atom. The Bertz CT molecular complexity index is 656. The second-order valence-electron chi connectivity index (χ2n) is 4.78. The summed E-state index contributed by atoms with van der Waals surface area (Å²) in [5.41, 5.74) is 0.784. The molecule has 0 spiro atoms. The number of H-pyrrole nitrogens is 1. The maximum atomic E-state index is 12.5. The van der Waals surface area contributed by atoms with E-state index in [1.54, 1.807) is 0 Å². The molecule has 1 aromatic carbocycles. The van der Waals surface area contributed by atoms with Crippen molar-refractivity contribution >= 4 is 10.0 Å². The van der Waals surface area contributed by atoms with E-state index in [1.165, 1.54) is 4.31 Å². The molecule has 106 valence electrons. The second kappa shape index (κ2) is 5.29. The Hall–Kier alpha value is -1.80. The van der Waals surface area contributed by atoms with Gasteiger partial charge in [-0.05, 0) is 18.4 Å². The minimum absolute atomic E-state index is 0.00217. The molecule has 8 heteroatoms. The number of aromatic amines is 1. The van der Waals surface area contributed by atoms with Crippen molar-refractivity contribution < 1.29 is 8.42 Å². The van der Waals surface area contributed by atoms with Crippen LogP contribution in [-0.2, 0) is 15.8 Å². The fraction of sp³-hybridized carbons (Fsp3) is 0.417. The number of hydrogen-bond acceptors (Lipinski definition) is 5. The highest BCUT2D eigenvalue weighted by atomic mass is 32.2. The summed E-state index contributed by atoms with van der Waals surface area (Å²) in [5.74, 6) is 0.446. The Morgan fingerprint density at radius 2 is 2.10 bits per heavy atom. The minimum Gasteiger partial charge on any atom is -0.212 e. The number of sulfonamides is 1. The summed E-state index contributed by atoms with van der Waals surface area (Å²) in [7, 11) is -3.38. The van der Waals surface area contributed by atoms with Crippen molar-refractivity contribution in [2.45, 2.75) is 24.6 Å². The quantitative estimate of drug-likeness (QED) is 0.903. The minimum atomic E-state index is -3.38. The Kier molecular flexibility index (Phi) is 3.49. The Balaban J connectivity index is 1.83. The van der Waals surface area contributed by atoms with E-state index in [1.807, 2.05) is 30.3 Å². The van der Waals surface area contributed by atoms with Crippen LogP contribution in [0.2, 0.25) is 0 Å². The molecule has 0 bridgehead atoms. The number of nitrogens with zero attached hydrogens (tertiary/aromatic N) is 4. The van der Waals surface area contributed by atoms with Gasteiger partial charge in [0.15, 0.2) is 5.82 Å². The van der Waals surface area contributed by atoms with E-state index in [4.69, 9.17) is 0 Å². The van der Waals surface area contributed by atoms with Gasteiger partial charge in [-0.3, -0.25) is 0 Å². The Labute approximate surface area is 117 Å². The molecule has 1 aliphatic heterocycles. The molecule has 20 heavy (non-hydrogen) atoms. The fourth-order valence-electron chi connectivity index (χ4n) is 2.51. The number of hydrogen-bond donors (Lipinski definition) is 1.